The van der Waals surface area contributed by atoms with Crippen LogP contribution in [0.5, 0.6) is 0 Å². The van der Waals surface area contributed by atoms with Crippen molar-refractivity contribution in [1.29, 1.82) is 0 Å². The van der Waals surface area contributed by atoms with E-state index >= 15 is 0 Å². The van der Waals surface area contributed by atoms with Crippen molar-refractivity contribution in [3.05, 3.63) is 35.0 Å². The molecule has 3 rings (SSSR count). The number of carbonyl (C=O) groups excluding carboxylic acids is 1. The topological polar surface area (TPSA) is 54.7 Å². The molecule has 1 fully saturated rings. The molecule has 24 heavy (non-hydrogen) atoms. The molecule has 130 valence electrons. The molecule has 0 aliphatic carbocycles. The fourth-order valence-electron chi connectivity index (χ4n) is 3.11. The number of amides is 1. The Morgan fingerprint density at radius 2 is 2.04 bits per heavy atom. The van der Waals surface area contributed by atoms with Gasteiger partial charge in [0.25, 0.3) is 5.91 Å². The van der Waals surface area contributed by atoms with Crippen LogP contribution >= 0.6 is 11.6 Å². The number of furan rings is 1. The third-order valence-corrected chi connectivity index (χ3v) is 4.69. The molecule has 1 atom stereocenters. The first-order chi connectivity index (χ1) is 11.5. The molecule has 2 heterocycles. The van der Waals surface area contributed by atoms with Gasteiger partial charge < -0.3 is 14.5 Å². The Morgan fingerprint density at radius 1 is 1.29 bits per heavy atom. The number of ether oxygens (including phenoxy) is 1. The number of halogens is 1. The second kappa shape index (κ2) is 7.55. The number of carbonyl (C=O) groups is 1. The van der Waals surface area contributed by atoms with Crippen LogP contribution in [0.3, 0.4) is 0 Å². The predicted octanol–water partition coefficient (Wildman–Crippen LogP) is 3.17. The first-order valence-corrected chi connectivity index (χ1v) is 8.71. The second-order valence-electron chi connectivity index (χ2n) is 6.46. The minimum atomic E-state index is -0.193. The lowest BCUT2D eigenvalue weighted by Crippen LogP contribution is -2.51. The Bertz CT molecular complexity index is 707. The van der Waals surface area contributed by atoms with Gasteiger partial charge in [0, 0.05) is 36.1 Å². The lowest BCUT2D eigenvalue weighted by Gasteiger charge is -2.36. The van der Waals surface area contributed by atoms with Gasteiger partial charge in [-0.1, -0.05) is 25.4 Å². The molecule has 0 saturated carbocycles. The van der Waals surface area contributed by atoms with Crippen molar-refractivity contribution in [3.63, 3.8) is 0 Å². The van der Waals surface area contributed by atoms with Gasteiger partial charge in [0.2, 0.25) is 0 Å². The van der Waals surface area contributed by atoms with Gasteiger partial charge in [-0.3, -0.25) is 9.69 Å². The minimum absolute atomic E-state index is 0.193. The van der Waals surface area contributed by atoms with Gasteiger partial charge >= 0.3 is 0 Å². The summed E-state index contributed by atoms with van der Waals surface area (Å²) in [5.74, 6) is 0.566. The number of hydrogen-bond acceptors (Lipinski definition) is 4. The molecule has 5 nitrogen and oxygen atoms in total. The summed E-state index contributed by atoms with van der Waals surface area (Å²) >= 11 is 5.97. The van der Waals surface area contributed by atoms with E-state index < -0.39 is 0 Å². The smallest absolute Gasteiger partial charge is 0.287 e. The van der Waals surface area contributed by atoms with Crippen LogP contribution in [0.15, 0.2) is 28.7 Å². The number of hydrogen-bond donors (Lipinski definition) is 1. The van der Waals surface area contributed by atoms with E-state index in [1.54, 1.807) is 24.3 Å². The highest BCUT2D eigenvalue weighted by molar-refractivity contribution is 6.31. The van der Waals surface area contributed by atoms with E-state index in [-0.39, 0.29) is 11.9 Å². The Hall–Kier alpha value is -1.56. The zero-order chi connectivity index (χ0) is 17.1. The van der Waals surface area contributed by atoms with Crippen LogP contribution in [0, 0.1) is 5.92 Å². The minimum Gasteiger partial charge on any atom is -0.451 e. The Labute approximate surface area is 146 Å². The highest BCUT2D eigenvalue weighted by atomic mass is 35.5. The molecule has 6 heteroatoms. The second-order valence-corrected chi connectivity index (χ2v) is 6.90. The molecule has 1 saturated heterocycles. The molecule has 0 spiro atoms. The summed E-state index contributed by atoms with van der Waals surface area (Å²) in [6.45, 7) is 8.26. The Kier molecular flexibility index (Phi) is 5.43. The van der Waals surface area contributed by atoms with Crippen molar-refractivity contribution in [2.75, 3.05) is 32.8 Å². The van der Waals surface area contributed by atoms with Crippen LogP contribution in [-0.2, 0) is 4.74 Å². The molecule has 1 aromatic carbocycles. The van der Waals surface area contributed by atoms with E-state index in [2.05, 4.69) is 24.1 Å². The van der Waals surface area contributed by atoms with E-state index in [9.17, 15) is 4.79 Å². The van der Waals surface area contributed by atoms with Crippen LogP contribution in [0.1, 0.15) is 24.4 Å². The van der Waals surface area contributed by atoms with Crippen LogP contribution in [0.2, 0.25) is 5.02 Å². The third-order valence-electron chi connectivity index (χ3n) is 4.46. The maximum absolute atomic E-state index is 12.4. The van der Waals surface area contributed by atoms with Gasteiger partial charge in [0.15, 0.2) is 5.76 Å². The van der Waals surface area contributed by atoms with Gasteiger partial charge in [0.1, 0.15) is 5.58 Å². The Balaban J connectivity index is 1.65. The number of rotatable bonds is 5. The van der Waals surface area contributed by atoms with E-state index in [4.69, 9.17) is 20.8 Å². The molecule has 1 aromatic heterocycles. The fraction of sp³-hybridized carbons (Fsp3) is 0.500. The summed E-state index contributed by atoms with van der Waals surface area (Å²) in [5.41, 5.74) is 0.665. The zero-order valence-electron chi connectivity index (χ0n) is 14.0. The number of benzene rings is 1. The van der Waals surface area contributed by atoms with E-state index in [0.717, 1.165) is 31.7 Å². The van der Waals surface area contributed by atoms with Gasteiger partial charge in [-0.15, -0.1) is 0 Å². The van der Waals surface area contributed by atoms with E-state index in [1.807, 2.05) is 0 Å². The maximum Gasteiger partial charge on any atom is 0.287 e. The molecule has 1 aliphatic rings. The highest BCUT2D eigenvalue weighted by Crippen LogP contribution is 2.23. The molecular formula is C18H23ClN2O3. The van der Waals surface area contributed by atoms with Gasteiger partial charge in [-0.25, -0.2) is 0 Å². The van der Waals surface area contributed by atoms with Gasteiger partial charge in [0.05, 0.1) is 13.2 Å². The molecule has 0 bridgehead atoms. The van der Waals surface area contributed by atoms with Gasteiger partial charge in [-0.2, -0.15) is 0 Å². The predicted molar refractivity (Wildman–Crippen MR) is 94.6 cm³/mol. The summed E-state index contributed by atoms with van der Waals surface area (Å²) in [4.78, 5) is 14.8. The summed E-state index contributed by atoms with van der Waals surface area (Å²) in [5, 5.41) is 4.47. The lowest BCUT2D eigenvalue weighted by molar-refractivity contribution is 0.00666. The van der Waals surface area contributed by atoms with Crippen LogP contribution in [0.25, 0.3) is 11.0 Å². The van der Waals surface area contributed by atoms with Crippen molar-refractivity contribution in [3.8, 4) is 0 Å². The normalized spacial score (nSPS) is 17.3. The number of nitrogens with zero attached hydrogens (tertiary/aromatic N) is 1. The molecule has 1 unspecified atom stereocenters. The fourth-order valence-corrected chi connectivity index (χ4v) is 3.29. The lowest BCUT2D eigenvalue weighted by atomic mass is 10.0. The molecule has 1 aliphatic heterocycles. The van der Waals surface area contributed by atoms with Crippen LogP contribution in [0.4, 0.5) is 0 Å². The standard InChI is InChI=1S/C18H23ClN2O3/c1-12(2)15(21-5-7-23-8-6-21)11-20-18(22)17-10-13-9-14(19)3-4-16(13)24-17/h3-4,9-10,12,15H,5-8,11H2,1-2H3,(H,20,22). The van der Waals surface area contributed by atoms with E-state index in [1.165, 1.54) is 0 Å². The summed E-state index contributed by atoms with van der Waals surface area (Å²) in [6, 6.07) is 7.34. The quantitative estimate of drug-likeness (QED) is 0.899. The first-order valence-electron chi connectivity index (χ1n) is 8.33. The molecular weight excluding hydrogens is 328 g/mol. The summed E-state index contributed by atoms with van der Waals surface area (Å²) in [6.07, 6.45) is 0. The van der Waals surface area contributed by atoms with Crippen LogP contribution in [-0.4, -0.2) is 49.7 Å². The highest BCUT2D eigenvalue weighted by Gasteiger charge is 2.24. The molecule has 1 N–H and O–H groups in total. The van der Waals surface area contributed by atoms with Crippen molar-refractivity contribution < 1.29 is 13.9 Å². The van der Waals surface area contributed by atoms with Crippen LogP contribution < -0.4 is 5.32 Å². The average molecular weight is 351 g/mol. The summed E-state index contributed by atoms with van der Waals surface area (Å²) in [7, 11) is 0. The largest absolute Gasteiger partial charge is 0.451 e. The van der Waals surface area contributed by atoms with Crippen molar-refractivity contribution in [1.82, 2.24) is 10.2 Å². The van der Waals surface area contributed by atoms with Crippen molar-refractivity contribution in [2.45, 2.75) is 19.9 Å². The number of nitrogens with one attached hydrogen (secondary N) is 1. The zero-order valence-corrected chi connectivity index (χ0v) is 14.8. The molecule has 2 aromatic rings. The molecule has 1 amide bonds. The SMILES string of the molecule is CC(C)C(CNC(=O)c1cc2cc(Cl)ccc2o1)N1CCOCC1. The maximum atomic E-state index is 12.4. The monoisotopic (exact) mass is 350 g/mol. The van der Waals surface area contributed by atoms with Crippen molar-refractivity contribution in [2.24, 2.45) is 5.92 Å². The third kappa shape index (κ3) is 3.91. The summed E-state index contributed by atoms with van der Waals surface area (Å²) < 4.78 is 11.0. The number of morpholine rings is 1. The first kappa shape index (κ1) is 17.3. The van der Waals surface area contributed by atoms with Crippen molar-refractivity contribution >= 4 is 28.5 Å². The van der Waals surface area contributed by atoms with E-state index in [0.29, 0.717) is 28.8 Å². The Morgan fingerprint density at radius 3 is 2.75 bits per heavy atom. The van der Waals surface area contributed by atoms with Gasteiger partial charge in [-0.05, 0) is 30.2 Å². The average Bonchev–Trinajstić information content (AvgIpc) is 2.98. The molecule has 0 radical (unpaired) electrons. The number of fused-ring (bicyclic) bond motifs is 1.